The summed E-state index contributed by atoms with van der Waals surface area (Å²) in [5.74, 6) is -0.438. The molecule has 0 amide bonds. The van der Waals surface area contributed by atoms with Crippen LogP contribution < -0.4 is 5.32 Å². The number of nitro groups is 1. The summed E-state index contributed by atoms with van der Waals surface area (Å²) in [5.41, 5.74) is -0.315. The van der Waals surface area contributed by atoms with Crippen molar-refractivity contribution < 1.29 is 9.31 Å². The number of anilines is 2. The van der Waals surface area contributed by atoms with Crippen molar-refractivity contribution in [2.75, 3.05) is 5.32 Å². The summed E-state index contributed by atoms with van der Waals surface area (Å²) < 4.78 is 14.0. The van der Waals surface area contributed by atoms with Crippen LogP contribution in [0.4, 0.5) is 21.6 Å². The van der Waals surface area contributed by atoms with Crippen LogP contribution in [0.2, 0.25) is 5.28 Å². The van der Waals surface area contributed by atoms with Crippen LogP contribution in [0.5, 0.6) is 0 Å². The fourth-order valence-corrected chi connectivity index (χ4v) is 1.71. The van der Waals surface area contributed by atoms with E-state index in [9.17, 15) is 14.5 Å². The molecule has 1 aromatic carbocycles. The van der Waals surface area contributed by atoms with Crippen LogP contribution >= 0.6 is 27.5 Å². The van der Waals surface area contributed by atoms with Crippen molar-refractivity contribution in [2.24, 2.45) is 0 Å². The van der Waals surface area contributed by atoms with E-state index < -0.39 is 10.7 Å². The Labute approximate surface area is 119 Å². The molecule has 19 heavy (non-hydrogen) atoms. The summed E-state index contributed by atoms with van der Waals surface area (Å²) in [6, 6.07) is 3.14. The Bertz CT molecular complexity index is 655. The van der Waals surface area contributed by atoms with Gasteiger partial charge in [-0.3, -0.25) is 10.1 Å². The van der Waals surface area contributed by atoms with E-state index in [-0.39, 0.29) is 22.5 Å². The second-order valence-corrected chi connectivity index (χ2v) is 4.57. The Hall–Kier alpha value is -1.80. The molecule has 0 aliphatic rings. The molecule has 0 saturated heterocycles. The van der Waals surface area contributed by atoms with Crippen LogP contribution in [0.1, 0.15) is 0 Å². The lowest BCUT2D eigenvalue weighted by atomic mass is 10.2. The summed E-state index contributed by atoms with van der Waals surface area (Å²) >= 11 is 8.78. The smallest absolute Gasteiger partial charge is 0.271 e. The second kappa shape index (κ2) is 5.45. The van der Waals surface area contributed by atoms with E-state index in [4.69, 9.17) is 11.6 Å². The third-order valence-corrected chi connectivity index (χ3v) is 2.89. The predicted octanol–water partition coefficient (Wildman–Crippen LogP) is 3.68. The monoisotopic (exact) mass is 346 g/mol. The average molecular weight is 348 g/mol. The Balaban J connectivity index is 2.40. The van der Waals surface area contributed by atoms with Crippen LogP contribution in [0, 0.1) is 15.9 Å². The molecule has 1 N–H and O–H groups in total. The van der Waals surface area contributed by atoms with Gasteiger partial charge in [0.1, 0.15) is 11.6 Å². The maximum atomic E-state index is 13.6. The van der Waals surface area contributed by atoms with Gasteiger partial charge in [0.05, 0.1) is 15.1 Å². The minimum Gasteiger partial charge on any atom is -0.337 e. The predicted molar refractivity (Wildman–Crippen MR) is 71.1 cm³/mol. The molecule has 2 rings (SSSR count). The maximum absolute atomic E-state index is 13.6. The summed E-state index contributed by atoms with van der Waals surface area (Å²) in [4.78, 5) is 17.6. The molecular weight excluding hydrogens is 342 g/mol. The summed E-state index contributed by atoms with van der Waals surface area (Å²) in [5, 5.41) is 13.2. The van der Waals surface area contributed by atoms with Crippen molar-refractivity contribution >= 4 is 44.7 Å². The van der Waals surface area contributed by atoms with Gasteiger partial charge in [0, 0.05) is 18.3 Å². The highest BCUT2D eigenvalue weighted by molar-refractivity contribution is 9.10. The first-order valence-electron chi connectivity index (χ1n) is 4.86. The van der Waals surface area contributed by atoms with Crippen molar-refractivity contribution in [3.05, 3.63) is 50.1 Å². The van der Waals surface area contributed by atoms with Crippen LogP contribution in [-0.4, -0.2) is 14.9 Å². The SMILES string of the molecule is O=[N+]([O-])c1ccc(F)c(Nc2nc(Cl)ncc2Br)c1. The van der Waals surface area contributed by atoms with E-state index in [1.54, 1.807) is 0 Å². The zero-order valence-corrected chi connectivity index (χ0v) is 11.4. The van der Waals surface area contributed by atoms with Gasteiger partial charge in [-0.25, -0.2) is 9.37 Å². The first kappa shape index (κ1) is 13.6. The van der Waals surface area contributed by atoms with E-state index in [1.807, 2.05) is 0 Å². The van der Waals surface area contributed by atoms with Gasteiger partial charge in [0.15, 0.2) is 0 Å². The first-order valence-corrected chi connectivity index (χ1v) is 6.03. The second-order valence-electron chi connectivity index (χ2n) is 3.38. The molecule has 2 aromatic rings. The zero-order chi connectivity index (χ0) is 14.0. The number of hydrogen-bond acceptors (Lipinski definition) is 5. The number of nitrogens with one attached hydrogen (secondary N) is 1. The fraction of sp³-hybridized carbons (Fsp3) is 0. The van der Waals surface area contributed by atoms with Crippen molar-refractivity contribution in [1.29, 1.82) is 0 Å². The summed E-state index contributed by atoms with van der Waals surface area (Å²) in [6.45, 7) is 0. The van der Waals surface area contributed by atoms with Gasteiger partial charge in [0.2, 0.25) is 5.28 Å². The zero-order valence-electron chi connectivity index (χ0n) is 9.10. The Kier molecular flexibility index (Phi) is 3.91. The highest BCUT2D eigenvalue weighted by Crippen LogP contribution is 2.28. The summed E-state index contributed by atoms with van der Waals surface area (Å²) in [6.07, 6.45) is 1.38. The Morgan fingerprint density at radius 2 is 2.21 bits per heavy atom. The molecule has 9 heteroatoms. The molecule has 1 aromatic heterocycles. The van der Waals surface area contributed by atoms with Crippen molar-refractivity contribution in [1.82, 2.24) is 9.97 Å². The van der Waals surface area contributed by atoms with Gasteiger partial charge in [-0.15, -0.1) is 0 Å². The normalized spacial score (nSPS) is 10.3. The molecule has 0 spiro atoms. The lowest BCUT2D eigenvalue weighted by molar-refractivity contribution is -0.384. The summed E-state index contributed by atoms with van der Waals surface area (Å²) in [7, 11) is 0. The minimum atomic E-state index is -0.646. The molecule has 0 aliphatic carbocycles. The molecule has 0 aliphatic heterocycles. The van der Waals surface area contributed by atoms with Crippen LogP contribution in [-0.2, 0) is 0 Å². The Morgan fingerprint density at radius 3 is 2.89 bits per heavy atom. The van der Waals surface area contributed by atoms with Gasteiger partial charge in [-0.2, -0.15) is 4.98 Å². The molecule has 98 valence electrons. The minimum absolute atomic E-state index is 0.0310. The number of halogens is 3. The molecule has 0 fully saturated rings. The van der Waals surface area contributed by atoms with Crippen molar-refractivity contribution in [3.63, 3.8) is 0 Å². The van der Waals surface area contributed by atoms with E-state index >= 15 is 0 Å². The molecule has 1 heterocycles. The molecule has 0 unspecified atom stereocenters. The van der Waals surface area contributed by atoms with Crippen molar-refractivity contribution in [3.8, 4) is 0 Å². The number of benzene rings is 1. The number of nitro benzene ring substituents is 1. The third-order valence-electron chi connectivity index (χ3n) is 2.13. The molecule has 0 atom stereocenters. The molecular formula is C10H5BrClFN4O2. The quantitative estimate of drug-likeness (QED) is 0.520. The van der Waals surface area contributed by atoms with Crippen LogP contribution in [0.3, 0.4) is 0 Å². The van der Waals surface area contributed by atoms with E-state index in [0.717, 1.165) is 18.2 Å². The Morgan fingerprint density at radius 1 is 1.47 bits per heavy atom. The van der Waals surface area contributed by atoms with Gasteiger partial charge in [0.25, 0.3) is 5.69 Å². The first-order chi connectivity index (χ1) is 8.97. The van der Waals surface area contributed by atoms with Crippen LogP contribution in [0.25, 0.3) is 0 Å². The fourth-order valence-electron chi connectivity index (χ4n) is 1.28. The lowest BCUT2D eigenvalue weighted by Crippen LogP contribution is -1.99. The van der Waals surface area contributed by atoms with E-state index in [0.29, 0.717) is 4.47 Å². The van der Waals surface area contributed by atoms with E-state index in [1.165, 1.54) is 6.20 Å². The highest BCUT2D eigenvalue weighted by Gasteiger charge is 2.13. The van der Waals surface area contributed by atoms with Gasteiger partial charge < -0.3 is 5.32 Å². The number of hydrogen-bond donors (Lipinski definition) is 1. The molecule has 6 nitrogen and oxygen atoms in total. The maximum Gasteiger partial charge on any atom is 0.271 e. The number of rotatable bonds is 3. The largest absolute Gasteiger partial charge is 0.337 e. The number of nitrogens with zero attached hydrogens (tertiary/aromatic N) is 3. The van der Waals surface area contributed by atoms with Crippen LogP contribution in [0.15, 0.2) is 28.9 Å². The van der Waals surface area contributed by atoms with Gasteiger partial charge >= 0.3 is 0 Å². The average Bonchev–Trinajstić information content (AvgIpc) is 2.36. The number of aromatic nitrogens is 2. The number of non-ortho nitro benzene ring substituents is 1. The third kappa shape index (κ3) is 3.15. The highest BCUT2D eigenvalue weighted by atomic mass is 79.9. The van der Waals surface area contributed by atoms with Gasteiger partial charge in [-0.1, -0.05) is 0 Å². The topological polar surface area (TPSA) is 81.0 Å². The lowest BCUT2D eigenvalue weighted by Gasteiger charge is -2.08. The molecule has 0 radical (unpaired) electrons. The van der Waals surface area contributed by atoms with Crippen molar-refractivity contribution in [2.45, 2.75) is 0 Å². The molecule has 0 bridgehead atoms. The molecule has 0 saturated carbocycles. The van der Waals surface area contributed by atoms with E-state index in [2.05, 4.69) is 31.2 Å². The standard InChI is InChI=1S/C10H5BrClFN4O2/c11-6-4-14-10(12)16-9(6)15-8-3-5(17(18)19)1-2-7(8)13/h1-4H,(H,14,15,16). The van der Waals surface area contributed by atoms with Gasteiger partial charge in [-0.05, 0) is 33.6 Å².